The van der Waals surface area contributed by atoms with Gasteiger partial charge >= 0.3 is 0 Å². The molecule has 3 aromatic heterocycles. The van der Waals surface area contributed by atoms with Crippen molar-refractivity contribution in [2.24, 2.45) is 0 Å². The second kappa shape index (κ2) is 3.99. The second-order valence-electron chi connectivity index (χ2n) is 3.86. The third kappa shape index (κ3) is 1.73. The molecule has 1 N–H and O–H groups in total. The van der Waals surface area contributed by atoms with Gasteiger partial charge in [0.05, 0.1) is 5.56 Å². The fourth-order valence-corrected chi connectivity index (χ4v) is 1.73. The first-order chi connectivity index (χ1) is 8.74. The molecule has 1 amide bonds. The van der Waals surface area contributed by atoms with Gasteiger partial charge in [-0.25, -0.2) is 4.98 Å². The number of aromatic nitrogens is 3. The van der Waals surface area contributed by atoms with Crippen molar-refractivity contribution >= 4 is 17.4 Å². The van der Waals surface area contributed by atoms with Gasteiger partial charge in [0, 0.05) is 24.7 Å². The maximum absolute atomic E-state index is 12.1. The Morgan fingerprint density at radius 2 is 2.33 bits per heavy atom. The summed E-state index contributed by atoms with van der Waals surface area (Å²) in [5.74, 6) is 0.774. The first kappa shape index (κ1) is 10.5. The molecule has 3 aromatic rings. The maximum Gasteiger partial charge on any atom is 0.260 e. The van der Waals surface area contributed by atoms with Crippen molar-refractivity contribution in [3.63, 3.8) is 0 Å². The number of aryl methyl sites for hydroxylation is 1. The summed E-state index contributed by atoms with van der Waals surface area (Å²) in [7, 11) is 0. The summed E-state index contributed by atoms with van der Waals surface area (Å²) in [6.45, 7) is 1.76. The average molecular weight is 242 g/mol. The third-order valence-corrected chi connectivity index (χ3v) is 2.53. The van der Waals surface area contributed by atoms with Crippen molar-refractivity contribution in [2.45, 2.75) is 6.92 Å². The number of carbonyl (C=O) groups excluding carboxylic acids is 1. The van der Waals surface area contributed by atoms with Crippen LogP contribution in [0.15, 0.2) is 41.3 Å². The summed E-state index contributed by atoms with van der Waals surface area (Å²) >= 11 is 0. The van der Waals surface area contributed by atoms with Crippen molar-refractivity contribution in [2.75, 3.05) is 5.32 Å². The highest BCUT2D eigenvalue weighted by Gasteiger charge is 2.13. The van der Waals surface area contributed by atoms with E-state index in [0.29, 0.717) is 22.8 Å². The maximum atomic E-state index is 12.1. The van der Waals surface area contributed by atoms with E-state index in [1.165, 1.54) is 0 Å². The molecule has 0 unspecified atom stereocenters. The molecule has 0 saturated heterocycles. The largest absolute Gasteiger partial charge is 0.360 e. The van der Waals surface area contributed by atoms with Gasteiger partial charge in [0.1, 0.15) is 11.4 Å². The zero-order chi connectivity index (χ0) is 12.5. The van der Waals surface area contributed by atoms with E-state index in [4.69, 9.17) is 4.52 Å². The fraction of sp³-hybridized carbons (Fsp3) is 0.0833. The van der Waals surface area contributed by atoms with Gasteiger partial charge in [0.15, 0.2) is 5.82 Å². The second-order valence-corrected chi connectivity index (χ2v) is 3.86. The Kier molecular flexibility index (Phi) is 2.33. The Morgan fingerprint density at radius 1 is 1.44 bits per heavy atom. The highest BCUT2D eigenvalue weighted by molar-refractivity contribution is 6.07. The number of hydrogen-bond donors (Lipinski definition) is 1. The SMILES string of the molecule is Cc1cc(NC(=O)c2cccn3ccnc23)no1. The van der Waals surface area contributed by atoms with Crippen LogP contribution < -0.4 is 5.32 Å². The minimum atomic E-state index is -0.264. The predicted molar refractivity (Wildman–Crippen MR) is 64.4 cm³/mol. The number of nitrogens with zero attached hydrogens (tertiary/aromatic N) is 3. The highest BCUT2D eigenvalue weighted by atomic mass is 16.5. The van der Waals surface area contributed by atoms with Crippen LogP contribution in [0, 0.1) is 6.92 Å². The van der Waals surface area contributed by atoms with Crippen LogP contribution in [0.3, 0.4) is 0 Å². The minimum Gasteiger partial charge on any atom is -0.360 e. The van der Waals surface area contributed by atoms with Crippen molar-refractivity contribution in [3.8, 4) is 0 Å². The Hall–Kier alpha value is -2.63. The molecule has 0 bridgehead atoms. The molecule has 6 heteroatoms. The number of nitrogens with one attached hydrogen (secondary N) is 1. The number of amides is 1. The van der Waals surface area contributed by atoms with Crippen LogP contribution in [0.4, 0.5) is 5.82 Å². The van der Waals surface area contributed by atoms with E-state index in [1.54, 1.807) is 41.9 Å². The molecule has 0 fully saturated rings. The molecule has 0 radical (unpaired) electrons. The first-order valence-electron chi connectivity index (χ1n) is 5.40. The van der Waals surface area contributed by atoms with Crippen molar-refractivity contribution < 1.29 is 9.32 Å². The number of pyridine rings is 1. The summed E-state index contributed by atoms with van der Waals surface area (Å²) in [6, 6.07) is 5.16. The Morgan fingerprint density at radius 3 is 3.11 bits per heavy atom. The van der Waals surface area contributed by atoms with E-state index in [2.05, 4.69) is 15.5 Å². The van der Waals surface area contributed by atoms with Gasteiger partial charge in [-0.3, -0.25) is 4.79 Å². The molecular formula is C12H10N4O2. The number of rotatable bonds is 2. The molecular weight excluding hydrogens is 232 g/mol. The summed E-state index contributed by atoms with van der Waals surface area (Å²) in [5, 5.41) is 6.38. The number of carbonyl (C=O) groups is 1. The molecule has 0 aromatic carbocycles. The van der Waals surface area contributed by atoms with Crippen LogP contribution in [-0.2, 0) is 0 Å². The summed E-state index contributed by atoms with van der Waals surface area (Å²) in [5.41, 5.74) is 1.10. The smallest absolute Gasteiger partial charge is 0.260 e. The zero-order valence-corrected chi connectivity index (χ0v) is 9.62. The molecule has 18 heavy (non-hydrogen) atoms. The van der Waals surface area contributed by atoms with Crippen LogP contribution >= 0.6 is 0 Å². The van der Waals surface area contributed by atoms with Crippen LogP contribution in [0.5, 0.6) is 0 Å². The van der Waals surface area contributed by atoms with E-state index in [9.17, 15) is 4.79 Å². The molecule has 3 rings (SSSR count). The lowest BCUT2D eigenvalue weighted by Gasteiger charge is -2.02. The number of hydrogen-bond acceptors (Lipinski definition) is 4. The lowest BCUT2D eigenvalue weighted by molar-refractivity contribution is 0.102. The Balaban J connectivity index is 1.94. The zero-order valence-electron chi connectivity index (χ0n) is 9.62. The van der Waals surface area contributed by atoms with Gasteiger partial charge in [0.2, 0.25) is 0 Å². The van der Waals surface area contributed by atoms with Crippen LogP contribution in [0.25, 0.3) is 5.65 Å². The number of fused-ring (bicyclic) bond motifs is 1. The lowest BCUT2D eigenvalue weighted by atomic mass is 10.2. The third-order valence-electron chi connectivity index (χ3n) is 2.53. The van der Waals surface area contributed by atoms with E-state index < -0.39 is 0 Å². The average Bonchev–Trinajstić information content (AvgIpc) is 2.97. The fourth-order valence-electron chi connectivity index (χ4n) is 1.73. The van der Waals surface area contributed by atoms with Crippen molar-refractivity contribution in [3.05, 3.63) is 48.1 Å². The predicted octanol–water partition coefficient (Wildman–Crippen LogP) is 1.88. The summed E-state index contributed by atoms with van der Waals surface area (Å²) < 4.78 is 6.67. The molecule has 6 nitrogen and oxygen atoms in total. The summed E-state index contributed by atoms with van der Waals surface area (Å²) in [4.78, 5) is 16.2. The molecule has 0 aliphatic carbocycles. The van der Waals surface area contributed by atoms with E-state index >= 15 is 0 Å². The molecule has 90 valence electrons. The number of imidazole rings is 1. The van der Waals surface area contributed by atoms with Crippen LogP contribution in [0.1, 0.15) is 16.1 Å². The standard InChI is InChI=1S/C12H10N4O2/c1-8-7-10(15-18-8)14-12(17)9-3-2-5-16-6-4-13-11(9)16/h2-7H,1H3,(H,14,15,17). The molecule has 0 saturated carbocycles. The van der Waals surface area contributed by atoms with Gasteiger partial charge in [-0.1, -0.05) is 5.16 Å². The van der Waals surface area contributed by atoms with E-state index in [0.717, 1.165) is 0 Å². The van der Waals surface area contributed by atoms with E-state index in [1.807, 2.05) is 6.20 Å². The molecule has 0 aliphatic heterocycles. The van der Waals surface area contributed by atoms with E-state index in [-0.39, 0.29) is 5.91 Å². The molecule has 3 heterocycles. The lowest BCUT2D eigenvalue weighted by Crippen LogP contribution is -2.13. The van der Waals surface area contributed by atoms with Gasteiger partial charge in [-0.2, -0.15) is 0 Å². The number of anilines is 1. The van der Waals surface area contributed by atoms with Crippen LogP contribution in [0.2, 0.25) is 0 Å². The van der Waals surface area contributed by atoms with Gasteiger partial charge in [-0.05, 0) is 19.1 Å². The molecule has 0 spiro atoms. The highest BCUT2D eigenvalue weighted by Crippen LogP contribution is 2.12. The first-order valence-corrected chi connectivity index (χ1v) is 5.40. The van der Waals surface area contributed by atoms with Crippen LogP contribution in [-0.4, -0.2) is 20.4 Å². The monoisotopic (exact) mass is 242 g/mol. The Labute approximate surface area is 102 Å². The van der Waals surface area contributed by atoms with Crippen molar-refractivity contribution in [1.29, 1.82) is 0 Å². The van der Waals surface area contributed by atoms with Gasteiger partial charge in [0.25, 0.3) is 5.91 Å². The quantitative estimate of drug-likeness (QED) is 0.744. The van der Waals surface area contributed by atoms with Gasteiger partial charge in [-0.15, -0.1) is 0 Å². The normalized spacial score (nSPS) is 10.7. The Bertz CT molecular complexity index is 714. The molecule has 0 atom stereocenters. The molecule has 0 aliphatic rings. The van der Waals surface area contributed by atoms with Crippen molar-refractivity contribution in [1.82, 2.24) is 14.5 Å². The summed E-state index contributed by atoms with van der Waals surface area (Å²) in [6.07, 6.45) is 5.26. The topological polar surface area (TPSA) is 72.4 Å². The minimum absolute atomic E-state index is 0.264. The van der Waals surface area contributed by atoms with Gasteiger partial charge < -0.3 is 14.2 Å².